The van der Waals surface area contributed by atoms with E-state index in [4.69, 9.17) is 9.47 Å². The van der Waals surface area contributed by atoms with Crippen molar-refractivity contribution in [2.45, 2.75) is 106 Å². The zero-order valence-corrected chi connectivity index (χ0v) is 31.1. The maximum atomic E-state index is 14.3. The van der Waals surface area contributed by atoms with E-state index >= 15 is 0 Å². The van der Waals surface area contributed by atoms with Crippen LogP contribution in [-0.2, 0) is 20.9 Å². The highest BCUT2D eigenvalue weighted by Crippen LogP contribution is 2.77. The summed E-state index contributed by atoms with van der Waals surface area (Å²) in [7, 11) is 1.44. The van der Waals surface area contributed by atoms with Crippen LogP contribution in [0.4, 0.5) is 0 Å². The highest BCUT2D eigenvalue weighted by Gasteiger charge is 2.71. The second-order valence-corrected chi connectivity index (χ2v) is 18.0. The van der Waals surface area contributed by atoms with Crippen LogP contribution in [0, 0.1) is 56.7 Å². The molecule has 0 bridgehead atoms. The molecule has 5 aliphatic carbocycles. The van der Waals surface area contributed by atoms with Gasteiger partial charge in [0.05, 0.1) is 18.1 Å². The molecule has 4 heteroatoms. The summed E-state index contributed by atoms with van der Waals surface area (Å²) >= 11 is 0. The highest BCUT2D eigenvalue weighted by atomic mass is 16.5. The molecule has 49 heavy (non-hydrogen) atoms. The zero-order chi connectivity index (χ0) is 35.0. The molecule has 5 aliphatic rings. The van der Waals surface area contributed by atoms with Crippen LogP contribution in [0.3, 0.4) is 0 Å². The van der Waals surface area contributed by atoms with Crippen molar-refractivity contribution in [3.8, 4) is 0 Å². The number of carbonyl (C=O) groups is 2. The predicted octanol–water partition coefficient (Wildman–Crippen LogP) is 10.9. The van der Waals surface area contributed by atoms with Crippen LogP contribution in [0.25, 0.3) is 5.57 Å². The minimum atomic E-state index is -0.402. The van der Waals surface area contributed by atoms with Gasteiger partial charge in [-0.3, -0.25) is 4.79 Å². The number of methoxy groups -OCH3 is 1. The van der Waals surface area contributed by atoms with Crippen LogP contribution in [0.2, 0.25) is 0 Å². The van der Waals surface area contributed by atoms with Crippen molar-refractivity contribution in [3.05, 3.63) is 89.5 Å². The van der Waals surface area contributed by atoms with Crippen LogP contribution in [0.5, 0.6) is 0 Å². The van der Waals surface area contributed by atoms with Gasteiger partial charge in [-0.1, -0.05) is 95.3 Å². The molecule has 0 spiro atoms. The Hall–Kier alpha value is -3.14. The number of rotatable bonds is 6. The van der Waals surface area contributed by atoms with Crippen LogP contribution in [0.15, 0.2) is 72.8 Å². The number of carbonyl (C=O) groups excluding carboxylic acids is 2. The Kier molecular flexibility index (Phi) is 8.39. The van der Waals surface area contributed by atoms with E-state index in [9.17, 15) is 9.59 Å². The summed E-state index contributed by atoms with van der Waals surface area (Å²) in [6, 6.07) is 18.2. The third kappa shape index (κ3) is 4.96. The van der Waals surface area contributed by atoms with Gasteiger partial charge in [-0.2, -0.15) is 0 Å². The van der Waals surface area contributed by atoms with E-state index < -0.39 is 5.41 Å². The second kappa shape index (κ2) is 12.0. The lowest BCUT2D eigenvalue weighted by Gasteiger charge is -2.72. The van der Waals surface area contributed by atoms with Crippen molar-refractivity contribution < 1.29 is 19.1 Å². The summed E-state index contributed by atoms with van der Waals surface area (Å²) in [6.45, 7) is 19.9. The number of benzene rings is 2. The van der Waals surface area contributed by atoms with E-state index in [1.165, 1.54) is 49.5 Å². The van der Waals surface area contributed by atoms with Gasteiger partial charge in [-0.05, 0) is 145 Å². The van der Waals surface area contributed by atoms with Crippen LogP contribution in [0.1, 0.15) is 121 Å². The Balaban J connectivity index is 1.19. The van der Waals surface area contributed by atoms with E-state index in [-0.39, 0.29) is 33.6 Å². The second-order valence-electron chi connectivity index (χ2n) is 18.0. The fraction of sp³-hybridized carbons (Fsp3) is 0.600. The molecule has 0 saturated heterocycles. The first-order valence-corrected chi connectivity index (χ1v) is 19.0. The number of ether oxygens (including phenoxy) is 2. The van der Waals surface area contributed by atoms with Crippen LogP contribution in [-0.4, -0.2) is 19.0 Å². The van der Waals surface area contributed by atoms with Gasteiger partial charge in [0, 0.05) is 0 Å². The lowest BCUT2D eigenvalue weighted by atomic mass is 9.32. The first-order chi connectivity index (χ1) is 23.2. The zero-order valence-electron chi connectivity index (χ0n) is 31.1. The van der Waals surface area contributed by atoms with Gasteiger partial charge in [0.2, 0.25) is 0 Å². The summed E-state index contributed by atoms with van der Waals surface area (Å²) in [4.78, 5) is 26.5. The molecule has 9 atom stereocenters. The molecule has 0 radical (unpaired) electrons. The molecule has 0 heterocycles. The normalized spacial score (nSPS) is 38.9. The summed E-state index contributed by atoms with van der Waals surface area (Å²) in [6.07, 6.45) is 12.5. The first-order valence-electron chi connectivity index (χ1n) is 19.0. The molecule has 0 aliphatic heterocycles. The minimum absolute atomic E-state index is 0.0135. The van der Waals surface area contributed by atoms with Gasteiger partial charge in [0.15, 0.2) is 0 Å². The maximum Gasteiger partial charge on any atom is 0.337 e. The average molecular weight is 663 g/mol. The monoisotopic (exact) mass is 662 g/mol. The molecule has 0 amide bonds. The Bertz CT molecular complexity index is 1650. The highest BCUT2D eigenvalue weighted by molar-refractivity contribution is 5.90. The van der Waals surface area contributed by atoms with Gasteiger partial charge in [-0.25, -0.2) is 4.79 Å². The van der Waals surface area contributed by atoms with E-state index in [2.05, 4.69) is 78.5 Å². The maximum absolute atomic E-state index is 14.3. The molecule has 7 rings (SSSR count). The lowest BCUT2D eigenvalue weighted by Crippen LogP contribution is -2.66. The summed E-state index contributed by atoms with van der Waals surface area (Å²) in [5, 5.41) is 0. The van der Waals surface area contributed by atoms with E-state index in [1.54, 1.807) is 0 Å². The van der Waals surface area contributed by atoms with E-state index in [1.807, 2.05) is 30.3 Å². The SMILES string of the molecule is C=C(C)[C@@H]1CC[C@]2(C(=O)OCc3ccccc3)CC[C@]3(C)C(CC[C@H]4C3(C)CC[C@H]3C(C)(C)C(c5ccc(C(=O)OC)cc5)=CC[C@@]34C)[C@@H]12. The number of esters is 2. The molecule has 4 nitrogen and oxygen atoms in total. The Morgan fingerprint density at radius 1 is 0.816 bits per heavy atom. The summed E-state index contributed by atoms with van der Waals surface area (Å²) in [5.74, 6) is 2.13. The fourth-order valence-electron chi connectivity index (χ4n) is 13.4. The first kappa shape index (κ1) is 34.3. The van der Waals surface area contributed by atoms with Crippen LogP contribution < -0.4 is 0 Å². The van der Waals surface area contributed by atoms with Gasteiger partial charge in [0.25, 0.3) is 0 Å². The topological polar surface area (TPSA) is 52.6 Å². The molecular formula is C45H58O4. The number of hydrogen-bond acceptors (Lipinski definition) is 4. The van der Waals surface area contributed by atoms with Crippen molar-refractivity contribution in [3.63, 3.8) is 0 Å². The van der Waals surface area contributed by atoms with Crippen molar-refractivity contribution >= 4 is 17.5 Å². The quantitative estimate of drug-likeness (QED) is 0.228. The van der Waals surface area contributed by atoms with E-state index in [0.29, 0.717) is 41.8 Å². The van der Waals surface area contributed by atoms with Crippen molar-refractivity contribution in [2.24, 2.45) is 56.7 Å². The summed E-state index contributed by atoms with van der Waals surface area (Å²) < 4.78 is 11.2. The molecular weight excluding hydrogens is 604 g/mol. The van der Waals surface area contributed by atoms with Gasteiger partial charge < -0.3 is 9.47 Å². The van der Waals surface area contributed by atoms with E-state index in [0.717, 1.165) is 37.7 Å². The minimum Gasteiger partial charge on any atom is -0.465 e. The molecule has 262 valence electrons. The molecule has 2 aromatic rings. The average Bonchev–Trinajstić information content (AvgIpc) is 3.49. The van der Waals surface area contributed by atoms with Gasteiger partial charge in [0.1, 0.15) is 6.61 Å². The van der Waals surface area contributed by atoms with Gasteiger partial charge >= 0.3 is 11.9 Å². The van der Waals surface area contributed by atoms with Gasteiger partial charge in [-0.15, -0.1) is 0 Å². The Morgan fingerprint density at radius 3 is 2.20 bits per heavy atom. The third-order valence-corrected chi connectivity index (χ3v) is 15.9. The van der Waals surface area contributed by atoms with Crippen molar-refractivity contribution in [1.29, 1.82) is 0 Å². The molecule has 0 N–H and O–H groups in total. The molecule has 4 saturated carbocycles. The van der Waals surface area contributed by atoms with Crippen LogP contribution >= 0.6 is 0 Å². The fourth-order valence-corrected chi connectivity index (χ4v) is 13.4. The number of allylic oxidation sites excluding steroid dienone is 3. The smallest absolute Gasteiger partial charge is 0.337 e. The Labute approximate surface area is 295 Å². The van der Waals surface area contributed by atoms with Crippen molar-refractivity contribution in [1.82, 2.24) is 0 Å². The molecule has 2 unspecified atom stereocenters. The largest absolute Gasteiger partial charge is 0.465 e. The number of fused-ring (bicyclic) bond motifs is 7. The lowest BCUT2D eigenvalue weighted by molar-refractivity contribution is -0.229. The predicted molar refractivity (Wildman–Crippen MR) is 196 cm³/mol. The standard InChI is InChI=1S/C45H58O4/c1-29(2)33-20-25-45(40(47)49-28-30-12-10-9-11-13-30)27-26-43(6)35(38(33)45)18-19-37-42(5)23-21-34(31-14-16-32(17-15-31)39(46)48-8)41(3,4)36(42)22-24-44(37,43)7/h9-17,21,33,35-38H,1,18-20,22-28H2,2-8H3/t33-,35?,36-,37+,38+,42-,43+,44?,45-/m0/s1. The Morgan fingerprint density at radius 2 is 1.53 bits per heavy atom. The molecule has 4 fully saturated rings. The summed E-state index contributed by atoms with van der Waals surface area (Å²) in [5.41, 5.74) is 5.72. The molecule has 2 aromatic carbocycles. The third-order valence-electron chi connectivity index (χ3n) is 15.9. The van der Waals surface area contributed by atoms with Crippen molar-refractivity contribution in [2.75, 3.05) is 7.11 Å². The number of hydrogen-bond donors (Lipinski definition) is 0. The molecule has 0 aromatic heterocycles.